The third-order valence-electron chi connectivity index (χ3n) is 1.56. The van der Waals surface area contributed by atoms with E-state index in [9.17, 15) is 24.3 Å². The molecule has 2 N–H and O–H groups in total. The number of hydrogen-bond donors (Lipinski definition) is 2. The fourth-order valence-electron chi connectivity index (χ4n) is 0.832. The molecule has 0 aliphatic carbocycles. The predicted molar refractivity (Wildman–Crippen MR) is 44.6 cm³/mol. The lowest BCUT2D eigenvalue weighted by Crippen LogP contribution is -2.45. The number of esters is 1. The second-order valence-corrected chi connectivity index (χ2v) is 2.88. The van der Waals surface area contributed by atoms with E-state index < -0.39 is 36.1 Å². The van der Waals surface area contributed by atoms with Crippen molar-refractivity contribution in [2.24, 2.45) is 0 Å². The number of rotatable bonds is 1. The lowest BCUT2D eigenvalue weighted by molar-refractivity contribution is -0.266. The Balaban J connectivity index is 2.99. The fraction of sp³-hybridized carbons (Fsp3) is 0.250. The van der Waals surface area contributed by atoms with E-state index in [1.807, 2.05) is 0 Å². The summed E-state index contributed by atoms with van der Waals surface area (Å²) in [6.07, 6.45) is -0.187. The van der Waals surface area contributed by atoms with Gasteiger partial charge in [0.2, 0.25) is 0 Å². The highest BCUT2D eigenvalue weighted by atomic mass is 17.2. The molecule has 17 heavy (non-hydrogen) atoms. The largest absolute Gasteiger partial charge is 0.476 e. The van der Waals surface area contributed by atoms with Gasteiger partial charge in [0, 0.05) is 12.2 Å². The van der Waals surface area contributed by atoms with Crippen LogP contribution in [0.1, 0.15) is 6.42 Å². The summed E-state index contributed by atoms with van der Waals surface area (Å²) in [4.78, 5) is 51.0. The van der Waals surface area contributed by atoms with Crippen LogP contribution in [0, 0.1) is 0 Å². The summed E-state index contributed by atoms with van der Waals surface area (Å²) in [6, 6.07) is 0. The van der Waals surface area contributed by atoms with Gasteiger partial charge in [0.05, 0.1) is 0 Å². The highest BCUT2D eigenvalue weighted by Gasteiger charge is 2.44. The molecule has 0 aromatic rings. The topological polar surface area (TPSA) is 136 Å². The van der Waals surface area contributed by atoms with Gasteiger partial charge in [-0.05, 0) is 0 Å². The van der Waals surface area contributed by atoms with Gasteiger partial charge in [-0.15, -0.1) is 0 Å². The molecule has 0 saturated carbocycles. The zero-order valence-electron chi connectivity index (χ0n) is 8.11. The van der Waals surface area contributed by atoms with Crippen molar-refractivity contribution in [2.75, 3.05) is 0 Å². The van der Waals surface area contributed by atoms with Crippen LogP contribution in [0.5, 0.6) is 0 Å². The van der Waals surface area contributed by atoms with E-state index in [4.69, 9.17) is 5.11 Å². The number of cyclic esters (lactones) is 1. The zero-order valence-corrected chi connectivity index (χ0v) is 8.11. The van der Waals surface area contributed by atoms with E-state index in [1.54, 1.807) is 0 Å². The number of hydrogen-bond acceptors (Lipinski definition) is 8. The number of ether oxygens (including phenoxy) is 1. The molecular weight excluding hydrogens is 240 g/mol. The van der Waals surface area contributed by atoms with Gasteiger partial charge < -0.3 is 14.9 Å². The Morgan fingerprint density at radius 1 is 1.18 bits per heavy atom. The maximum Gasteiger partial charge on any atom is 0.379 e. The number of carbonyl (C=O) groups excluding carboxylic acids is 3. The normalized spacial score (nSPS) is 27.5. The summed E-state index contributed by atoms with van der Waals surface area (Å²) in [5, 5.41) is 18.0. The molecule has 1 aliphatic heterocycles. The molecule has 0 amide bonds. The van der Waals surface area contributed by atoms with Gasteiger partial charge in [-0.3, -0.25) is 0 Å². The molecule has 1 unspecified atom stereocenters. The van der Waals surface area contributed by atoms with E-state index in [2.05, 4.69) is 14.5 Å². The van der Waals surface area contributed by atoms with Crippen molar-refractivity contribution in [2.45, 2.75) is 12.2 Å². The third kappa shape index (κ3) is 3.28. The fourth-order valence-corrected chi connectivity index (χ4v) is 0.832. The van der Waals surface area contributed by atoms with Crippen molar-refractivity contribution in [1.82, 2.24) is 0 Å². The van der Waals surface area contributed by atoms with Crippen LogP contribution < -0.4 is 0 Å². The van der Waals surface area contributed by atoms with E-state index in [0.717, 1.165) is 0 Å². The highest BCUT2D eigenvalue weighted by Crippen LogP contribution is 2.15. The van der Waals surface area contributed by atoms with Crippen LogP contribution >= 0.6 is 0 Å². The molecule has 0 radical (unpaired) electrons. The van der Waals surface area contributed by atoms with Gasteiger partial charge in [-0.25, -0.2) is 29.0 Å². The van der Waals surface area contributed by atoms with Gasteiger partial charge in [0.1, 0.15) is 6.42 Å². The van der Waals surface area contributed by atoms with Crippen LogP contribution in [-0.4, -0.2) is 39.9 Å². The van der Waals surface area contributed by atoms with Crippen LogP contribution in [0.25, 0.3) is 0 Å². The average molecular weight is 246 g/mol. The molecule has 0 spiro atoms. The quantitative estimate of drug-likeness (QED) is 0.408. The van der Waals surface area contributed by atoms with Crippen molar-refractivity contribution < 1.29 is 43.9 Å². The SMILES string of the molecule is O=C1/C=C\C(=O)OC(O)(C(=O)O)CC(=O)OO1. The summed E-state index contributed by atoms with van der Waals surface area (Å²) >= 11 is 0. The molecule has 92 valence electrons. The monoisotopic (exact) mass is 246 g/mol. The molecule has 1 heterocycles. The van der Waals surface area contributed by atoms with E-state index in [0.29, 0.717) is 12.2 Å². The summed E-state index contributed by atoms with van der Waals surface area (Å²) in [7, 11) is 0. The zero-order chi connectivity index (χ0) is 13.1. The molecule has 0 aromatic carbocycles. The second-order valence-electron chi connectivity index (χ2n) is 2.88. The number of aliphatic hydroxyl groups is 1. The first kappa shape index (κ1) is 12.6. The van der Waals surface area contributed by atoms with Crippen molar-refractivity contribution in [3.63, 3.8) is 0 Å². The number of aliphatic carboxylic acids is 1. The van der Waals surface area contributed by atoms with Crippen molar-refractivity contribution in [1.29, 1.82) is 0 Å². The van der Waals surface area contributed by atoms with Crippen LogP contribution in [-0.2, 0) is 33.7 Å². The summed E-state index contributed by atoms with van der Waals surface area (Å²) in [5.41, 5.74) is 0. The maximum atomic E-state index is 11.0. The van der Waals surface area contributed by atoms with Gasteiger partial charge in [0.25, 0.3) is 0 Å². The van der Waals surface area contributed by atoms with Gasteiger partial charge in [-0.1, -0.05) is 0 Å². The maximum absolute atomic E-state index is 11.0. The molecular formula is C8H6O9. The minimum absolute atomic E-state index is 0.509. The summed E-state index contributed by atoms with van der Waals surface area (Å²) in [5.74, 6) is -8.95. The lowest BCUT2D eigenvalue weighted by atomic mass is 10.2. The number of carboxylic acid groups (broad SMARTS) is 1. The highest BCUT2D eigenvalue weighted by molar-refractivity contribution is 5.94. The van der Waals surface area contributed by atoms with E-state index in [1.165, 1.54) is 0 Å². The Morgan fingerprint density at radius 3 is 2.35 bits per heavy atom. The Bertz CT molecular complexity index is 409. The molecule has 0 fully saturated rings. The summed E-state index contributed by atoms with van der Waals surface area (Å²) in [6.45, 7) is 0. The van der Waals surface area contributed by atoms with Crippen molar-refractivity contribution >= 4 is 23.9 Å². The minimum Gasteiger partial charge on any atom is -0.476 e. The number of carbonyl (C=O) groups is 4. The Hall–Kier alpha value is -2.42. The van der Waals surface area contributed by atoms with Crippen LogP contribution in [0.15, 0.2) is 12.2 Å². The van der Waals surface area contributed by atoms with Gasteiger partial charge >= 0.3 is 29.7 Å². The Morgan fingerprint density at radius 2 is 1.76 bits per heavy atom. The first-order chi connectivity index (χ1) is 7.83. The first-order valence-corrected chi connectivity index (χ1v) is 4.11. The summed E-state index contributed by atoms with van der Waals surface area (Å²) < 4.78 is 4.12. The van der Waals surface area contributed by atoms with Crippen molar-refractivity contribution in [3.8, 4) is 0 Å². The minimum atomic E-state index is -3.08. The Labute approximate surface area is 93.1 Å². The predicted octanol–water partition coefficient (Wildman–Crippen LogP) is -1.74. The standard InChI is InChI=1S/C8H6O9/c9-4-1-2-5(10)16-17-6(11)3-8(14,15-4)7(12)13/h1-2,14H,3H2,(H,12,13)/b2-1-. The van der Waals surface area contributed by atoms with Crippen LogP contribution in [0.4, 0.5) is 0 Å². The molecule has 1 atom stereocenters. The number of carboxylic acids is 1. The lowest BCUT2D eigenvalue weighted by Gasteiger charge is -2.21. The first-order valence-electron chi connectivity index (χ1n) is 4.11. The average Bonchev–Trinajstić information content (AvgIpc) is 2.22. The van der Waals surface area contributed by atoms with Crippen LogP contribution in [0.3, 0.4) is 0 Å². The molecule has 0 bridgehead atoms. The molecule has 9 heteroatoms. The van der Waals surface area contributed by atoms with Gasteiger partial charge in [-0.2, -0.15) is 0 Å². The third-order valence-corrected chi connectivity index (χ3v) is 1.56. The van der Waals surface area contributed by atoms with Gasteiger partial charge in [0.15, 0.2) is 0 Å². The molecule has 1 rings (SSSR count). The molecule has 1 aliphatic rings. The molecule has 0 aromatic heterocycles. The van der Waals surface area contributed by atoms with E-state index >= 15 is 0 Å². The van der Waals surface area contributed by atoms with Crippen molar-refractivity contribution in [3.05, 3.63) is 12.2 Å². The van der Waals surface area contributed by atoms with E-state index in [-0.39, 0.29) is 0 Å². The molecule has 0 saturated heterocycles. The smallest absolute Gasteiger partial charge is 0.379 e. The van der Waals surface area contributed by atoms with Crippen LogP contribution in [0.2, 0.25) is 0 Å². The second kappa shape index (κ2) is 4.61. The molecule has 9 nitrogen and oxygen atoms in total. The Kier molecular flexibility index (Phi) is 3.43.